The lowest BCUT2D eigenvalue weighted by Gasteiger charge is -2.08. The third kappa shape index (κ3) is 6.70. The van der Waals surface area contributed by atoms with Crippen LogP contribution in [0.4, 0.5) is 4.79 Å². The molecule has 0 radical (unpaired) electrons. The summed E-state index contributed by atoms with van der Waals surface area (Å²) in [6.07, 6.45) is 0.515. The molecule has 0 saturated heterocycles. The molecule has 8 nitrogen and oxygen atoms in total. The van der Waals surface area contributed by atoms with Crippen LogP contribution in [0.15, 0.2) is 92.7 Å². The van der Waals surface area contributed by atoms with Crippen LogP contribution in [0, 0.1) is 0 Å². The molecule has 0 aliphatic carbocycles. The summed E-state index contributed by atoms with van der Waals surface area (Å²) in [7, 11) is 0. The molecule has 1 amide bonds. The predicted molar refractivity (Wildman–Crippen MR) is 132 cm³/mol. The van der Waals surface area contributed by atoms with E-state index in [-0.39, 0.29) is 47.5 Å². The van der Waals surface area contributed by atoms with Gasteiger partial charge in [-0.3, -0.25) is 9.59 Å². The molecule has 35 heavy (non-hydrogen) atoms. The highest BCUT2D eigenvalue weighted by atomic mass is 79.9. The topological polar surface area (TPSA) is 104 Å². The summed E-state index contributed by atoms with van der Waals surface area (Å²) >= 11 is 3.34. The van der Waals surface area contributed by atoms with Gasteiger partial charge >= 0.3 is 12.1 Å². The van der Waals surface area contributed by atoms with Crippen molar-refractivity contribution in [3.63, 3.8) is 0 Å². The highest BCUT2D eigenvalue weighted by Crippen LogP contribution is 2.25. The van der Waals surface area contributed by atoms with Crippen molar-refractivity contribution in [3.8, 4) is 17.2 Å². The molecule has 3 aromatic carbocycles. The van der Waals surface area contributed by atoms with Crippen molar-refractivity contribution in [3.05, 3.63) is 99.3 Å². The van der Waals surface area contributed by atoms with Crippen molar-refractivity contribution in [2.45, 2.75) is 13.0 Å². The summed E-state index contributed by atoms with van der Waals surface area (Å²) in [4.78, 5) is 36.6. The van der Waals surface area contributed by atoms with Crippen molar-refractivity contribution >= 4 is 39.0 Å². The van der Waals surface area contributed by atoms with Crippen molar-refractivity contribution in [2.75, 3.05) is 6.54 Å². The van der Waals surface area contributed by atoms with Gasteiger partial charge in [-0.15, -0.1) is 0 Å². The SMILES string of the molecule is O=C(CCNC(=O)OCc1ccccc1)Oc1ccc2c(=O)c(Oc3ccc(Br)cc3)coc2c1. The second kappa shape index (κ2) is 11.3. The Hall–Kier alpha value is -4.11. The average molecular weight is 538 g/mol. The van der Waals surface area contributed by atoms with E-state index in [4.69, 9.17) is 18.6 Å². The lowest BCUT2D eigenvalue weighted by Crippen LogP contribution is -2.27. The summed E-state index contributed by atoms with van der Waals surface area (Å²) in [5.74, 6) is 0.168. The Labute approximate surface area is 208 Å². The Morgan fingerprint density at radius 2 is 1.69 bits per heavy atom. The predicted octanol–water partition coefficient (Wildman–Crippen LogP) is 5.57. The quantitative estimate of drug-likeness (QED) is 0.231. The van der Waals surface area contributed by atoms with Crippen LogP contribution in [0.1, 0.15) is 12.0 Å². The van der Waals surface area contributed by atoms with Gasteiger partial charge in [0.2, 0.25) is 11.2 Å². The molecule has 1 N–H and O–H groups in total. The minimum atomic E-state index is -0.629. The normalized spacial score (nSPS) is 10.5. The number of carbonyl (C=O) groups excluding carboxylic acids is 2. The lowest BCUT2D eigenvalue weighted by molar-refractivity contribution is -0.134. The summed E-state index contributed by atoms with van der Waals surface area (Å²) in [6, 6.07) is 20.7. The molecule has 0 aliphatic heterocycles. The number of esters is 1. The summed E-state index contributed by atoms with van der Waals surface area (Å²) in [5, 5.41) is 2.78. The molecule has 0 aliphatic rings. The number of rotatable bonds is 8. The van der Waals surface area contributed by atoms with Crippen LogP contribution in [0.2, 0.25) is 0 Å². The van der Waals surface area contributed by atoms with E-state index < -0.39 is 12.1 Å². The minimum absolute atomic E-state index is 0.0368. The summed E-state index contributed by atoms with van der Waals surface area (Å²) in [6.45, 7) is 0.182. The number of benzene rings is 3. The van der Waals surface area contributed by atoms with Crippen LogP contribution in [0.3, 0.4) is 0 Å². The van der Waals surface area contributed by atoms with Gasteiger partial charge in [-0.2, -0.15) is 0 Å². The summed E-state index contributed by atoms with van der Waals surface area (Å²) in [5.41, 5.74) is 0.744. The van der Waals surface area contributed by atoms with Crippen molar-refractivity contribution in [1.82, 2.24) is 5.32 Å². The Bertz CT molecular complexity index is 1380. The van der Waals surface area contributed by atoms with Gasteiger partial charge < -0.3 is 23.9 Å². The van der Waals surface area contributed by atoms with Crippen molar-refractivity contribution < 1.29 is 28.2 Å². The van der Waals surface area contributed by atoms with E-state index in [9.17, 15) is 14.4 Å². The van der Waals surface area contributed by atoms with E-state index >= 15 is 0 Å². The van der Waals surface area contributed by atoms with Gasteiger partial charge in [0.1, 0.15) is 30.0 Å². The Kier molecular flexibility index (Phi) is 7.79. The van der Waals surface area contributed by atoms with E-state index in [1.165, 1.54) is 24.5 Å². The first-order valence-electron chi connectivity index (χ1n) is 10.6. The smallest absolute Gasteiger partial charge is 0.407 e. The second-order valence-corrected chi connectivity index (χ2v) is 8.27. The zero-order chi connectivity index (χ0) is 24.6. The molecule has 0 saturated carbocycles. The molecule has 4 aromatic rings. The van der Waals surface area contributed by atoms with Crippen LogP contribution >= 0.6 is 15.9 Å². The molecule has 0 spiro atoms. The lowest BCUT2D eigenvalue weighted by atomic mass is 10.2. The number of alkyl carbamates (subject to hydrolysis) is 1. The fraction of sp³-hybridized carbons (Fsp3) is 0.115. The third-order valence-corrected chi connectivity index (χ3v) is 5.33. The van der Waals surface area contributed by atoms with Gasteiger partial charge in [0.25, 0.3) is 0 Å². The van der Waals surface area contributed by atoms with Crippen molar-refractivity contribution in [1.29, 1.82) is 0 Å². The van der Waals surface area contributed by atoms with Crippen LogP contribution in [0.25, 0.3) is 11.0 Å². The number of hydrogen-bond acceptors (Lipinski definition) is 7. The maximum atomic E-state index is 12.7. The van der Waals surface area contributed by atoms with Gasteiger partial charge in [-0.05, 0) is 42.0 Å². The fourth-order valence-electron chi connectivity index (χ4n) is 3.08. The zero-order valence-electron chi connectivity index (χ0n) is 18.4. The van der Waals surface area contributed by atoms with Gasteiger partial charge in [0.15, 0.2) is 0 Å². The molecule has 0 atom stereocenters. The van der Waals surface area contributed by atoms with E-state index in [1.807, 2.05) is 30.3 Å². The van der Waals surface area contributed by atoms with Crippen LogP contribution in [0.5, 0.6) is 17.2 Å². The van der Waals surface area contributed by atoms with Crippen LogP contribution in [-0.2, 0) is 16.1 Å². The first-order chi connectivity index (χ1) is 17.0. The minimum Gasteiger partial charge on any atom is -0.460 e. The number of ether oxygens (including phenoxy) is 3. The number of carbonyl (C=O) groups is 2. The van der Waals surface area contributed by atoms with Gasteiger partial charge in [-0.1, -0.05) is 46.3 Å². The number of halogens is 1. The summed E-state index contributed by atoms with van der Waals surface area (Å²) < 4.78 is 22.4. The highest BCUT2D eigenvalue weighted by Gasteiger charge is 2.12. The largest absolute Gasteiger partial charge is 0.460 e. The maximum absolute atomic E-state index is 12.7. The van der Waals surface area contributed by atoms with Crippen molar-refractivity contribution in [2.24, 2.45) is 0 Å². The second-order valence-electron chi connectivity index (χ2n) is 7.36. The number of nitrogens with one attached hydrogen (secondary N) is 1. The molecule has 0 unspecified atom stereocenters. The molecule has 178 valence electrons. The van der Waals surface area contributed by atoms with Gasteiger partial charge in [0.05, 0.1) is 11.8 Å². The molecule has 1 heterocycles. The monoisotopic (exact) mass is 537 g/mol. The molecule has 1 aromatic heterocycles. The highest BCUT2D eigenvalue weighted by molar-refractivity contribution is 9.10. The molecule has 4 rings (SSSR count). The molecule has 0 fully saturated rings. The van der Waals surface area contributed by atoms with E-state index in [2.05, 4.69) is 21.2 Å². The fourth-order valence-corrected chi connectivity index (χ4v) is 3.34. The van der Waals surface area contributed by atoms with Crippen LogP contribution < -0.4 is 20.2 Å². The van der Waals surface area contributed by atoms with Crippen LogP contribution in [-0.4, -0.2) is 18.6 Å². The van der Waals surface area contributed by atoms with E-state index in [0.29, 0.717) is 5.75 Å². The van der Waals surface area contributed by atoms with Gasteiger partial charge in [0, 0.05) is 17.1 Å². The van der Waals surface area contributed by atoms with E-state index in [1.54, 1.807) is 24.3 Å². The first kappa shape index (κ1) is 24.0. The standard InChI is InChI=1S/C26H20BrNO7/c27-18-6-8-19(9-7-18)34-23-16-32-22-14-20(10-11-21(22)25(23)30)35-24(29)12-13-28-26(31)33-15-17-4-2-1-3-5-17/h1-11,14,16H,12-13,15H2,(H,28,31). The number of amides is 1. The van der Waals surface area contributed by atoms with Gasteiger partial charge in [-0.25, -0.2) is 4.79 Å². The zero-order valence-corrected chi connectivity index (χ0v) is 19.9. The Morgan fingerprint density at radius 3 is 2.46 bits per heavy atom. The molecular weight excluding hydrogens is 518 g/mol. The number of fused-ring (bicyclic) bond motifs is 1. The third-order valence-electron chi connectivity index (χ3n) is 4.80. The Morgan fingerprint density at radius 1 is 0.943 bits per heavy atom. The maximum Gasteiger partial charge on any atom is 0.407 e. The molecule has 9 heteroatoms. The van der Waals surface area contributed by atoms with E-state index in [0.717, 1.165) is 10.0 Å². The molecule has 0 bridgehead atoms. The molecular formula is C26H20BrNO7. The Balaban J connectivity index is 1.29. The number of hydrogen-bond donors (Lipinski definition) is 1. The first-order valence-corrected chi connectivity index (χ1v) is 11.4. The average Bonchev–Trinajstić information content (AvgIpc) is 2.86.